The molecule has 15 heavy (non-hydrogen) atoms. The van der Waals surface area contributed by atoms with Crippen molar-refractivity contribution in [3.05, 3.63) is 29.1 Å². The van der Waals surface area contributed by atoms with E-state index < -0.39 is 29.3 Å². The van der Waals surface area contributed by atoms with Crippen molar-refractivity contribution in [1.82, 2.24) is 0 Å². The zero-order valence-corrected chi connectivity index (χ0v) is 7.90. The molecule has 0 radical (unpaired) electrons. The second-order valence-electron chi connectivity index (χ2n) is 3.26. The summed E-state index contributed by atoms with van der Waals surface area (Å²) in [5, 5.41) is 0. The monoisotopic (exact) mass is 222 g/mol. The van der Waals surface area contributed by atoms with Gasteiger partial charge in [0, 0.05) is 11.6 Å². The molecule has 0 fully saturated rings. The van der Waals surface area contributed by atoms with E-state index in [4.69, 9.17) is 11.5 Å². The predicted octanol–water partition coefficient (Wildman–Crippen LogP) is 2.45. The Kier molecular flexibility index (Phi) is 2.90. The number of hydrogen-bond donors (Lipinski definition) is 2. The van der Waals surface area contributed by atoms with Crippen molar-refractivity contribution >= 4 is 5.69 Å². The third-order valence-corrected chi connectivity index (χ3v) is 1.95. The molecular weight excluding hydrogens is 212 g/mol. The highest BCUT2D eigenvalue weighted by atomic mass is 19.4. The molecule has 0 aliphatic rings. The van der Waals surface area contributed by atoms with Gasteiger partial charge in [-0.25, -0.2) is 4.39 Å². The Morgan fingerprint density at radius 1 is 1.27 bits per heavy atom. The molecule has 84 valence electrons. The Balaban J connectivity index is 3.36. The van der Waals surface area contributed by atoms with Crippen LogP contribution in [0.4, 0.5) is 23.2 Å². The van der Waals surface area contributed by atoms with Crippen LogP contribution in [-0.2, 0) is 6.18 Å². The molecular formula is C9H10F4N2. The van der Waals surface area contributed by atoms with Crippen LogP contribution in [0.2, 0.25) is 0 Å². The second kappa shape index (κ2) is 3.69. The molecule has 1 unspecified atom stereocenters. The minimum absolute atomic E-state index is 0.234. The number of halogens is 4. The third-order valence-electron chi connectivity index (χ3n) is 1.95. The number of benzene rings is 1. The van der Waals surface area contributed by atoms with E-state index in [-0.39, 0.29) is 5.56 Å². The van der Waals surface area contributed by atoms with E-state index in [0.29, 0.717) is 12.1 Å². The van der Waals surface area contributed by atoms with Gasteiger partial charge in [-0.3, -0.25) is 0 Å². The summed E-state index contributed by atoms with van der Waals surface area (Å²) in [5.41, 5.74) is 8.69. The van der Waals surface area contributed by atoms with E-state index in [9.17, 15) is 17.6 Å². The SMILES string of the molecule is CC(N)c1cc(C(F)(F)F)cc(N)c1F. The van der Waals surface area contributed by atoms with Crippen molar-refractivity contribution < 1.29 is 17.6 Å². The Hall–Kier alpha value is -1.30. The summed E-state index contributed by atoms with van der Waals surface area (Å²) in [4.78, 5) is 0. The van der Waals surface area contributed by atoms with Crippen molar-refractivity contribution in [2.24, 2.45) is 5.73 Å². The number of alkyl halides is 3. The quantitative estimate of drug-likeness (QED) is 0.566. The van der Waals surface area contributed by atoms with Crippen LogP contribution in [0.5, 0.6) is 0 Å². The molecule has 0 saturated heterocycles. The first-order valence-electron chi connectivity index (χ1n) is 4.15. The van der Waals surface area contributed by atoms with Crippen LogP contribution in [0.3, 0.4) is 0 Å². The number of nitrogen functional groups attached to an aromatic ring is 1. The zero-order chi connectivity index (χ0) is 11.8. The van der Waals surface area contributed by atoms with Crippen LogP contribution < -0.4 is 11.5 Å². The van der Waals surface area contributed by atoms with Crippen LogP contribution in [0.25, 0.3) is 0 Å². The first-order chi connectivity index (χ1) is 6.73. The highest BCUT2D eigenvalue weighted by Crippen LogP contribution is 2.33. The molecule has 1 rings (SSSR count). The van der Waals surface area contributed by atoms with Crippen molar-refractivity contribution in [2.75, 3.05) is 5.73 Å². The lowest BCUT2D eigenvalue weighted by Crippen LogP contribution is -2.13. The van der Waals surface area contributed by atoms with Gasteiger partial charge in [-0.1, -0.05) is 0 Å². The average molecular weight is 222 g/mol. The van der Waals surface area contributed by atoms with E-state index in [2.05, 4.69) is 0 Å². The van der Waals surface area contributed by atoms with Gasteiger partial charge in [-0.2, -0.15) is 13.2 Å². The molecule has 0 amide bonds. The van der Waals surface area contributed by atoms with E-state index in [1.165, 1.54) is 6.92 Å². The lowest BCUT2D eigenvalue weighted by Gasteiger charge is -2.13. The molecule has 4 N–H and O–H groups in total. The number of rotatable bonds is 1. The minimum atomic E-state index is -4.55. The molecule has 0 aliphatic heterocycles. The third kappa shape index (κ3) is 2.38. The summed E-state index contributed by atoms with van der Waals surface area (Å²) in [5.74, 6) is -0.891. The molecule has 0 heterocycles. The molecule has 0 spiro atoms. The molecule has 2 nitrogen and oxygen atoms in total. The van der Waals surface area contributed by atoms with Gasteiger partial charge in [0.15, 0.2) is 5.82 Å². The Labute approximate surface area is 83.9 Å². The zero-order valence-electron chi connectivity index (χ0n) is 7.90. The normalized spacial score (nSPS) is 14.0. The molecule has 6 heteroatoms. The van der Waals surface area contributed by atoms with E-state index in [1.54, 1.807) is 0 Å². The fourth-order valence-electron chi connectivity index (χ4n) is 1.17. The van der Waals surface area contributed by atoms with Crippen LogP contribution in [-0.4, -0.2) is 0 Å². The Morgan fingerprint density at radius 2 is 1.80 bits per heavy atom. The van der Waals surface area contributed by atoms with Gasteiger partial charge in [0.25, 0.3) is 0 Å². The molecule has 0 aromatic heterocycles. The van der Waals surface area contributed by atoms with Crippen LogP contribution >= 0.6 is 0 Å². The summed E-state index contributed by atoms with van der Waals surface area (Å²) >= 11 is 0. The van der Waals surface area contributed by atoms with Gasteiger partial charge in [-0.05, 0) is 19.1 Å². The Morgan fingerprint density at radius 3 is 2.20 bits per heavy atom. The maximum atomic E-state index is 13.2. The summed E-state index contributed by atoms with van der Waals surface area (Å²) in [6, 6.07) is 0.395. The van der Waals surface area contributed by atoms with E-state index in [0.717, 1.165) is 0 Å². The summed E-state index contributed by atoms with van der Waals surface area (Å²) < 4.78 is 50.2. The second-order valence-corrected chi connectivity index (χ2v) is 3.26. The lowest BCUT2D eigenvalue weighted by atomic mass is 10.0. The molecule has 0 bridgehead atoms. The highest BCUT2D eigenvalue weighted by molar-refractivity contribution is 5.48. The largest absolute Gasteiger partial charge is 0.416 e. The first kappa shape index (κ1) is 11.8. The number of hydrogen-bond acceptors (Lipinski definition) is 2. The van der Waals surface area contributed by atoms with Crippen molar-refractivity contribution in [3.63, 3.8) is 0 Å². The van der Waals surface area contributed by atoms with Crippen molar-refractivity contribution in [1.29, 1.82) is 0 Å². The molecule has 0 saturated carbocycles. The number of anilines is 1. The van der Waals surface area contributed by atoms with E-state index >= 15 is 0 Å². The maximum absolute atomic E-state index is 13.2. The predicted molar refractivity (Wildman–Crippen MR) is 48.4 cm³/mol. The summed E-state index contributed by atoms with van der Waals surface area (Å²) in [7, 11) is 0. The van der Waals surface area contributed by atoms with Crippen LogP contribution in [0.15, 0.2) is 12.1 Å². The molecule has 0 aliphatic carbocycles. The smallest absolute Gasteiger partial charge is 0.396 e. The van der Waals surface area contributed by atoms with Gasteiger partial charge in [0.05, 0.1) is 11.3 Å². The van der Waals surface area contributed by atoms with E-state index in [1.807, 2.05) is 0 Å². The molecule has 1 atom stereocenters. The van der Waals surface area contributed by atoms with Crippen molar-refractivity contribution in [3.8, 4) is 0 Å². The van der Waals surface area contributed by atoms with Gasteiger partial charge in [0.2, 0.25) is 0 Å². The number of nitrogens with two attached hydrogens (primary N) is 2. The average Bonchev–Trinajstić information content (AvgIpc) is 2.06. The first-order valence-corrected chi connectivity index (χ1v) is 4.15. The maximum Gasteiger partial charge on any atom is 0.416 e. The molecule has 1 aromatic rings. The lowest BCUT2D eigenvalue weighted by molar-refractivity contribution is -0.137. The minimum Gasteiger partial charge on any atom is -0.396 e. The standard InChI is InChI=1S/C9H10F4N2/c1-4(14)6-2-5(9(11,12)13)3-7(15)8(6)10/h2-4H,14-15H2,1H3. The topological polar surface area (TPSA) is 52.0 Å². The van der Waals surface area contributed by atoms with Crippen molar-refractivity contribution in [2.45, 2.75) is 19.1 Å². The van der Waals surface area contributed by atoms with Gasteiger partial charge in [-0.15, -0.1) is 0 Å². The fraction of sp³-hybridized carbons (Fsp3) is 0.333. The summed E-state index contributed by atoms with van der Waals surface area (Å²) in [6.45, 7) is 1.39. The summed E-state index contributed by atoms with van der Waals surface area (Å²) in [6.07, 6.45) is -4.55. The fourth-order valence-corrected chi connectivity index (χ4v) is 1.17. The van der Waals surface area contributed by atoms with Gasteiger partial charge >= 0.3 is 6.18 Å². The Bertz CT molecular complexity index is 371. The van der Waals surface area contributed by atoms with Gasteiger partial charge < -0.3 is 11.5 Å². The molecule has 1 aromatic carbocycles. The van der Waals surface area contributed by atoms with Crippen LogP contribution in [0, 0.1) is 5.82 Å². The highest BCUT2D eigenvalue weighted by Gasteiger charge is 2.32. The van der Waals surface area contributed by atoms with Gasteiger partial charge in [0.1, 0.15) is 0 Å². The van der Waals surface area contributed by atoms with Crippen LogP contribution in [0.1, 0.15) is 24.1 Å².